The molecule has 0 aromatic heterocycles. The minimum Gasteiger partial charge on any atom is -0.317 e. The Morgan fingerprint density at radius 3 is 2.56 bits per heavy atom. The summed E-state index contributed by atoms with van der Waals surface area (Å²) in [5, 5.41) is 12.4. The maximum absolute atomic E-state index is 8.97. The highest BCUT2D eigenvalue weighted by molar-refractivity contribution is 6.66. The number of hydrogen-bond donors (Lipinski definition) is 1. The standard InChI is InChI=1S/C13H23BN2/c15-11-14-6-1-2-12(3-7-14)10-13-4-8-16-9-5-13/h12-13,16H,1-10H2. The van der Waals surface area contributed by atoms with Crippen molar-refractivity contribution in [1.82, 2.24) is 5.32 Å². The molecule has 0 aliphatic carbocycles. The highest BCUT2D eigenvalue weighted by Gasteiger charge is 2.24. The van der Waals surface area contributed by atoms with Crippen LogP contribution in [0.25, 0.3) is 0 Å². The van der Waals surface area contributed by atoms with Gasteiger partial charge in [0.2, 0.25) is 0 Å². The molecule has 1 atom stereocenters. The van der Waals surface area contributed by atoms with Gasteiger partial charge in [0.15, 0.2) is 0 Å². The molecule has 16 heavy (non-hydrogen) atoms. The second-order valence-corrected chi connectivity index (χ2v) is 5.63. The summed E-state index contributed by atoms with van der Waals surface area (Å²) < 4.78 is 0. The highest BCUT2D eigenvalue weighted by atomic mass is 14.9. The predicted molar refractivity (Wildman–Crippen MR) is 68.5 cm³/mol. The molecular formula is C13H23BN2. The van der Waals surface area contributed by atoms with Crippen molar-refractivity contribution >= 4 is 6.71 Å². The zero-order valence-corrected chi connectivity index (χ0v) is 10.3. The van der Waals surface area contributed by atoms with Crippen molar-refractivity contribution in [2.24, 2.45) is 11.8 Å². The van der Waals surface area contributed by atoms with Gasteiger partial charge in [0, 0.05) is 5.97 Å². The topological polar surface area (TPSA) is 35.8 Å². The van der Waals surface area contributed by atoms with Gasteiger partial charge < -0.3 is 5.32 Å². The van der Waals surface area contributed by atoms with Crippen molar-refractivity contribution in [3.05, 3.63) is 0 Å². The first kappa shape index (κ1) is 12.0. The predicted octanol–water partition coefficient (Wildman–Crippen LogP) is 2.73. The molecule has 2 fully saturated rings. The fraction of sp³-hybridized carbons (Fsp3) is 0.923. The van der Waals surface area contributed by atoms with Crippen LogP contribution in [-0.2, 0) is 0 Å². The van der Waals surface area contributed by atoms with Crippen LogP contribution in [0.3, 0.4) is 0 Å². The molecule has 0 amide bonds. The van der Waals surface area contributed by atoms with E-state index >= 15 is 0 Å². The minimum atomic E-state index is 0.359. The van der Waals surface area contributed by atoms with Crippen LogP contribution in [0.2, 0.25) is 12.6 Å². The fourth-order valence-electron chi connectivity index (χ4n) is 3.33. The number of piperidine rings is 1. The Morgan fingerprint density at radius 1 is 1.06 bits per heavy atom. The molecule has 2 aliphatic heterocycles. The molecule has 0 spiro atoms. The largest absolute Gasteiger partial charge is 0.317 e. The van der Waals surface area contributed by atoms with Crippen LogP contribution in [-0.4, -0.2) is 19.8 Å². The number of nitrogens with zero attached hydrogens (tertiary/aromatic N) is 1. The van der Waals surface area contributed by atoms with Crippen LogP contribution < -0.4 is 5.32 Å². The Kier molecular flexibility index (Phi) is 4.72. The molecule has 0 aromatic carbocycles. The first-order valence-corrected chi connectivity index (χ1v) is 6.99. The third-order valence-corrected chi connectivity index (χ3v) is 4.40. The first-order chi connectivity index (χ1) is 7.88. The monoisotopic (exact) mass is 218 g/mol. The first-order valence-electron chi connectivity index (χ1n) is 6.99. The lowest BCUT2D eigenvalue weighted by atomic mass is 9.46. The highest BCUT2D eigenvalue weighted by Crippen LogP contribution is 2.31. The van der Waals surface area contributed by atoms with E-state index in [2.05, 4.69) is 11.3 Å². The molecular weight excluding hydrogens is 195 g/mol. The molecule has 2 nitrogen and oxygen atoms in total. The molecule has 1 N–H and O–H groups in total. The molecule has 0 aromatic rings. The average Bonchev–Trinajstić information content (AvgIpc) is 2.56. The van der Waals surface area contributed by atoms with E-state index in [0.717, 1.165) is 24.5 Å². The molecule has 2 aliphatic rings. The van der Waals surface area contributed by atoms with Crippen molar-refractivity contribution in [1.29, 1.82) is 5.26 Å². The van der Waals surface area contributed by atoms with Gasteiger partial charge in [0.25, 0.3) is 6.71 Å². The molecule has 88 valence electrons. The molecule has 2 heterocycles. The van der Waals surface area contributed by atoms with Gasteiger partial charge in [0.1, 0.15) is 0 Å². The third-order valence-electron chi connectivity index (χ3n) is 4.40. The van der Waals surface area contributed by atoms with Crippen LogP contribution in [0.15, 0.2) is 0 Å². The van der Waals surface area contributed by atoms with Crippen molar-refractivity contribution in [3.8, 4) is 5.97 Å². The van der Waals surface area contributed by atoms with E-state index in [4.69, 9.17) is 5.26 Å². The molecule has 0 bridgehead atoms. The third kappa shape index (κ3) is 3.52. The summed E-state index contributed by atoms with van der Waals surface area (Å²) >= 11 is 0. The Bertz CT molecular complexity index is 243. The minimum absolute atomic E-state index is 0.359. The Hall–Kier alpha value is -0.485. The smallest absolute Gasteiger partial charge is 0.267 e. The number of hydrogen-bond acceptors (Lipinski definition) is 2. The quantitative estimate of drug-likeness (QED) is 0.723. The zero-order valence-electron chi connectivity index (χ0n) is 10.3. The van der Waals surface area contributed by atoms with Crippen molar-refractivity contribution in [2.75, 3.05) is 13.1 Å². The van der Waals surface area contributed by atoms with E-state index in [-0.39, 0.29) is 0 Å². The maximum atomic E-state index is 8.97. The van der Waals surface area contributed by atoms with E-state index in [1.54, 1.807) is 0 Å². The van der Waals surface area contributed by atoms with E-state index in [1.807, 2.05) is 0 Å². The number of nitriles is 1. The van der Waals surface area contributed by atoms with Gasteiger partial charge in [-0.2, -0.15) is 0 Å². The van der Waals surface area contributed by atoms with Gasteiger partial charge in [-0.1, -0.05) is 31.9 Å². The summed E-state index contributed by atoms with van der Waals surface area (Å²) in [6.45, 7) is 2.80. The molecule has 2 saturated heterocycles. The lowest BCUT2D eigenvalue weighted by molar-refractivity contribution is 0.285. The van der Waals surface area contributed by atoms with Crippen LogP contribution in [0.5, 0.6) is 0 Å². The Balaban J connectivity index is 1.74. The summed E-state index contributed by atoms with van der Waals surface area (Å²) in [7, 11) is 0. The summed E-state index contributed by atoms with van der Waals surface area (Å²) in [5.41, 5.74) is 0. The van der Waals surface area contributed by atoms with Gasteiger partial charge in [-0.15, -0.1) is 0 Å². The molecule has 3 heteroatoms. The second kappa shape index (κ2) is 6.30. The van der Waals surface area contributed by atoms with Crippen LogP contribution in [0, 0.1) is 23.1 Å². The molecule has 0 radical (unpaired) electrons. The van der Waals surface area contributed by atoms with Gasteiger partial charge in [-0.3, -0.25) is 0 Å². The van der Waals surface area contributed by atoms with Gasteiger partial charge in [-0.05, 0) is 44.2 Å². The normalized spacial score (nSPS) is 28.4. The SMILES string of the molecule is N#CB1CCCC(CC2CCNCC2)CC1. The lowest BCUT2D eigenvalue weighted by Gasteiger charge is -2.26. The van der Waals surface area contributed by atoms with Crippen LogP contribution in [0.1, 0.15) is 38.5 Å². The Labute approximate surface area is 99.9 Å². The van der Waals surface area contributed by atoms with Crippen molar-refractivity contribution in [3.63, 3.8) is 0 Å². The second-order valence-electron chi connectivity index (χ2n) is 5.63. The number of rotatable bonds is 2. The van der Waals surface area contributed by atoms with E-state index in [0.29, 0.717) is 6.71 Å². The molecule has 1 unspecified atom stereocenters. The summed E-state index contributed by atoms with van der Waals surface area (Å²) in [6, 6.07) is 0. The summed E-state index contributed by atoms with van der Waals surface area (Å²) in [4.78, 5) is 0. The zero-order chi connectivity index (χ0) is 11.2. The molecule has 0 saturated carbocycles. The van der Waals surface area contributed by atoms with Crippen LogP contribution >= 0.6 is 0 Å². The summed E-state index contributed by atoms with van der Waals surface area (Å²) in [5.74, 6) is 4.34. The van der Waals surface area contributed by atoms with Gasteiger partial charge in [0.05, 0.1) is 0 Å². The lowest BCUT2D eigenvalue weighted by Crippen LogP contribution is -2.28. The van der Waals surface area contributed by atoms with E-state index in [9.17, 15) is 0 Å². The summed E-state index contributed by atoms with van der Waals surface area (Å²) in [6.07, 6.45) is 10.5. The van der Waals surface area contributed by atoms with E-state index < -0.39 is 0 Å². The average molecular weight is 218 g/mol. The maximum Gasteiger partial charge on any atom is 0.267 e. The van der Waals surface area contributed by atoms with E-state index in [1.165, 1.54) is 51.6 Å². The van der Waals surface area contributed by atoms with Crippen molar-refractivity contribution in [2.45, 2.75) is 51.2 Å². The number of nitrogens with one attached hydrogen (secondary N) is 1. The van der Waals surface area contributed by atoms with Crippen molar-refractivity contribution < 1.29 is 0 Å². The van der Waals surface area contributed by atoms with Gasteiger partial charge in [-0.25, -0.2) is 5.26 Å². The molecule has 2 rings (SSSR count). The van der Waals surface area contributed by atoms with Gasteiger partial charge >= 0.3 is 0 Å². The van der Waals surface area contributed by atoms with Crippen LogP contribution in [0.4, 0.5) is 0 Å². The Morgan fingerprint density at radius 2 is 1.81 bits per heavy atom. The fourth-order valence-corrected chi connectivity index (χ4v) is 3.33.